The summed E-state index contributed by atoms with van der Waals surface area (Å²) in [5.41, 5.74) is 28.7. The van der Waals surface area contributed by atoms with E-state index < -0.39 is 107 Å². The van der Waals surface area contributed by atoms with Gasteiger partial charge in [-0.25, -0.2) is 19.2 Å². The van der Waals surface area contributed by atoms with Gasteiger partial charge in [0.1, 0.15) is 36.9 Å². The molecule has 0 saturated carbocycles. The number of carbonyl (C=O) groups excluding carboxylic acids is 10. The van der Waals surface area contributed by atoms with Crippen molar-refractivity contribution in [2.45, 2.75) is 91.5 Å². The number of halogens is 1. The number of primary amides is 2. The number of nitro groups is 3. The average Bonchev–Trinajstić information content (AvgIpc) is 0.872. The molecule has 4 atom stereocenters. The maximum atomic E-state index is 13.2. The Hall–Kier alpha value is -12.9. The Labute approximate surface area is 581 Å². The quantitative estimate of drug-likeness (QED) is 0.00267. The van der Waals surface area contributed by atoms with E-state index in [2.05, 4.69) is 52.0 Å². The minimum Gasteiger partial charge on any atom is -0.429 e. The van der Waals surface area contributed by atoms with Gasteiger partial charge in [-0.2, -0.15) is 0 Å². The first-order valence-electron chi connectivity index (χ1n) is 31.1. The van der Waals surface area contributed by atoms with Crippen LogP contribution in [0.25, 0.3) is 20.9 Å². The number of hydrogen-bond acceptors (Lipinski definition) is 23. The zero-order chi connectivity index (χ0) is 77.0. The molecule has 0 unspecified atom stereocenters. The van der Waals surface area contributed by atoms with Crippen molar-refractivity contribution in [2.75, 3.05) is 44.0 Å². The number of rotatable bonds is 35. The zero-order valence-corrected chi connectivity index (χ0v) is 55.4. The van der Waals surface area contributed by atoms with E-state index in [4.69, 9.17) is 48.0 Å². The predicted molar refractivity (Wildman–Crippen MR) is 361 cm³/mol. The number of nitro benzene ring substituents is 3. The Morgan fingerprint density at radius 2 is 0.873 bits per heavy atom. The first kappa shape index (κ1) is 83.3. The van der Waals surface area contributed by atoms with Crippen LogP contribution in [0, 0.1) is 54.0 Å². The fourth-order valence-electron chi connectivity index (χ4n) is 8.63. The van der Waals surface area contributed by atoms with Gasteiger partial charge in [-0.3, -0.25) is 63.5 Å². The second-order valence-corrected chi connectivity index (χ2v) is 21.8. The highest BCUT2D eigenvalue weighted by molar-refractivity contribution is 5.99. The summed E-state index contributed by atoms with van der Waals surface area (Å²) in [5.74, 6) is -4.71. The van der Waals surface area contributed by atoms with Crippen molar-refractivity contribution in [3.63, 3.8) is 0 Å². The molecule has 38 nitrogen and oxygen atoms in total. The molecule has 0 heterocycles. The number of ketones is 2. The number of non-ortho nitro benzene ring substituents is 3. The van der Waals surface area contributed by atoms with Crippen LogP contribution in [0.15, 0.2) is 132 Å². The molecule has 8 amide bonds. The van der Waals surface area contributed by atoms with Gasteiger partial charge in [0.2, 0.25) is 23.6 Å². The van der Waals surface area contributed by atoms with E-state index in [1.54, 1.807) is 76.2 Å². The molecule has 102 heavy (non-hydrogen) atoms. The highest BCUT2D eigenvalue weighted by atomic mass is 19.1. The normalized spacial score (nSPS) is 11.4. The van der Waals surface area contributed by atoms with E-state index in [0.29, 0.717) is 41.8 Å². The fraction of sp³-hybridized carbons (Fsp3) is 0.365. The lowest BCUT2D eigenvalue weighted by molar-refractivity contribution is -0.385. The number of amides is 8. The number of nitrogens with zero attached hydrogens (tertiary/aromatic N) is 9. The van der Waals surface area contributed by atoms with Crippen molar-refractivity contribution < 1.29 is 92.5 Å². The minimum absolute atomic E-state index is 0.0670. The SMILES string of the molecule is CC(C)[C@H](NC(=O)CN=[N+]=[N-])C(=O)C[C@@H](CCCNC(N)=O)C(=O)Nc1ccc(CO)cc1.CC(C)[C@H](NC(=O)CN=[N+]=[N-])C(=O)C[C@@H](CCCNC(N)=O)C(=O)Nc1ccc(COC(=O)Oc2ccc([N+](=O)[O-])cc2)cc1.O=C(Oc1ccc([N+](=O)[O-])cc1)Oc1ccc([N+](=O)[O-])cc1.[2H]CF. The third-order valence-corrected chi connectivity index (χ3v) is 13.6. The summed E-state index contributed by atoms with van der Waals surface area (Å²) in [6.07, 6.45) is -1.17. The van der Waals surface area contributed by atoms with Crippen LogP contribution in [-0.4, -0.2) is 125 Å². The van der Waals surface area contributed by atoms with Gasteiger partial charge in [0.25, 0.3) is 17.1 Å². The van der Waals surface area contributed by atoms with Crippen LogP contribution >= 0.6 is 0 Å². The number of benzene rings is 5. The van der Waals surface area contributed by atoms with Crippen LogP contribution in [0.3, 0.4) is 0 Å². The number of nitrogens with one attached hydrogen (secondary N) is 6. The molecule has 11 N–H and O–H groups in total. The maximum absolute atomic E-state index is 13.2. The van der Waals surface area contributed by atoms with Crippen molar-refractivity contribution in [2.24, 2.45) is 45.4 Å². The lowest BCUT2D eigenvalue weighted by Gasteiger charge is -2.24. The molecule has 5 aromatic rings. The molecule has 0 spiro atoms. The van der Waals surface area contributed by atoms with E-state index in [1.807, 2.05) is 0 Å². The largest absolute Gasteiger partial charge is 0.519 e. The molecule has 5 rings (SSSR count). The number of azide groups is 2. The van der Waals surface area contributed by atoms with Gasteiger partial charge in [-0.1, -0.05) is 62.2 Å². The summed E-state index contributed by atoms with van der Waals surface area (Å²) >= 11 is 0. The van der Waals surface area contributed by atoms with Gasteiger partial charge < -0.3 is 67.4 Å². The third-order valence-electron chi connectivity index (χ3n) is 13.6. The second-order valence-electron chi connectivity index (χ2n) is 21.8. The Balaban J connectivity index is 0.000000544. The maximum Gasteiger partial charge on any atom is 0.519 e. The average molecular weight is 1430 g/mol. The van der Waals surface area contributed by atoms with E-state index in [1.165, 1.54) is 72.8 Å². The molecule has 0 bridgehead atoms. The summed E-state index contributed by atoms with van der Waals surface area (Å²) in [6, 6.07) is 24.3. The minimum atomic E-state index is -1.07. The Morgan fingerprint density at radius 3 is 1.17 bits per heavy atom. The first-order valence-corrected chi connectivity index (χ1v) is 30.4. The molecule has 546 valence electrons. The summed E-state index contributed by atoms with van der Waals surface area (Å²) < 4.78 is 35.2. The molecule has 0 radical (unpaired) electrons. The van der Waals surface area contributed by atoms with Gasteiger partial charge in [0.15, 0.2) is 11.6 Å². The molecular formula is C63H76FN17O21. The van der Waals surface area contributed by atoms with Crippen LogP contribution < -0.4 is 57.6 Å². The number of urea groups is 2. The molecule has 0 saturated heterocycles. The van der Waals surface area contributed by atoms with Crippen molar-refractivity contribution in [1.82, 2.24) is 21.3 Å². The molecule has 5 aromatic carbocycles. The Morgan fingerprint density at radius 1 is 0.549 bits per heavy atom. The summed E-state index contributed by atoms with van der Waals surface area (Å²) in [5, 5.41) is 62.7. The van der Waals surface area contributed by atoms with Crippen molar-refractivity contribution in [3.8, 4) is 17.2 Å². The van der Waals surface area contributed by atoms with Crippen molar-refractivity contribution in [1.29, 1.82) is 0 Å². The van der Waals surface area contributed by atoms with Gasteiger partial charge in [-0.15, -0.1) is 0 Å². The van der Waals surface area contributed by atoms with Gasteiger partial charge in [0.05, 0.1) is 42.0 Å². The van der Waals surface area contributed by atoms with E-state index >= 15 is 0 Å². The number of hydrogen-bond donors (Lipinski definition) is 9. The van der Waals surface area contributed by atoms with Crippen molar-refractivity contribution in [3.05, 3.63) is 184 Å². The van der Waals surface area contributed by atoms with Crippen LogP contribution in [0.1, 0.15) is 78.7 Å². The standard InChI is InChI=1S/C28H34N8O9.C21H31N7O5.C13H8N2O7.CH3F/c1-17(2)25(34-24(38)15-32-35-30)23(37)14-19(4-3-13-31-27(29)40)26(39)33-20-7-5-18(6-8-20)16-44-28(41)45-22-11-9-21(10-12-22)36(42)43;1-13(2)19(27-18(31)11-25-28-23)17(30)10-15(4-3-9-24-21(22)33)20(32)26-16-7-5-14(12-29)6-8-16;16-13(21-11-5-1-9(2-6-11)14(17)18)22-12-7-3-10(4-8-12)15(19)20;1-2/h5-12,17,19,25H,3-4,13-16H2,1-2H3,(H,33,39)(H,34,38)(H3,29,31,40);5-8,13,15,19,29H,3-4,9-12H2,1-2H3,(H,26,32)(H,27,31)(H3,22,24,33);1-8H;1H3/t19-,25+;15-,19+;;/m11../s1/i;;;1D. The third kappa shape index (κ3) is 33.9. The summed E-state index contributed by atoms with van der Waals surface area (Å²) in [7, 11) is -1.00. The second kappa shape index (κ2) is 46.3. The molecular weight excluding hydrogens is 1350 g/mol. The predicted octanol–water partition coefficient (Wildman–Crippen LogP) is 8.98. The van der Waals surface area contributed by atoms with Gasteiger partial charge in [-0.05, 0) is 120 Å². The number of aliphatic hydroxyl groups is 1. The van der Waals surface area contributed by atoms with Crippen LogP contribution in [-0.2, 0) is 46.7 Å². The van der Waals surface area contributed by atoms with Crippen LogP contribution in [0.2, 0.25) is 0 Å². The highest BCUT2D eigenvalue weighted by Gasteiger charge is 2.31. The number of aliphatic hydroxyl groups excluding tert-OH is 1. The summed E-state index contributed by atoms with van der Waals surface area (Å²) in [4.78, 5) is 157. The Kier molecular flexibility index (Phi) is 37.9. The molecule has 39 heteroatoms. The number of nitrogens with two attached hydrogens (primary N) is 2. The highest BCUT2D eigenvalue weighted by Crippen LogP contribution is 2.25. The lowest BCUT2D eigenvalue weighted by atomic mass is 9.89. The zero-order valence-electron chi connectivity index (χ0n) is 56.4. The lowest BCUT2D eigenvalue weighted by Crippen LogP contribution is -2.46. The molecule has 0 aromatic heterocycles. The Bertz CT molecular complexity index is 3710. The molecule has 0 aliphatic carbocycles. The molecule has 0 aliphatic rings. The van der Waals surface area contributed by atoms with Crippen LogP contribution in [0.5, 0.6) is 17.2 Å². The smallest absolute Gasteiger partial charge is 0.429 e. The van der Waals surface area contributed by atoms with E-state index in [9.17, 15) is 82.7 Å². The number of ether oxygens (including phenoxy) is 4. The number of carbonyl (C=O) groups is 10. The topological polar surface area (TPSA) is 579 Å². The molecule has 0 fully saturated rings. The molecule has 0 aliphatic heterocycles. The first-order chi connectivity index (χ1) is 48.9. The number of anilines is 2. The number of Topliss-reactive ketones (excluding diaryl/α,β-unsaturated/α-hetero) is 2. The van der Waals surface area contributed by atoms with E-state index in [-0.39, 0.29) is 103 Å². The monoisotopic (exact) mass is 1430 g/mol. The van der Waals surface area contributed by atoms with E-state index in [0.717, 1.165) is 0 Å². The summed E-state index contributed by atoms with van der Waals surface area (Å²) in [6.45, 7) is 6.20. The van der Waals surface area contributed by atoms with Gasteiger partial charge in [0, 0.05) is 95.4 Å². The van der Waals surface area contributed by atoms with Gasteiger partial charge >= 0.3 is 24.4 Å². The fourth-order valence-corrected chi connectivity index (χ4v) is 8.63. The van der Waals surface area contributed by atoms with Crippen molar-refractivity contribution >= 4 is 88.0 Å². The van der Waals surface area contributed by atoms with Crippen LogP contribution in [0.4, 0.5) is 52.0 Å². The number of alkyl halides is 1.